The standard InChI is InChI=1S/C9H18NO6P/c1-10(5-2-3-6-10)7-4-9(13,8(11)12)17(14,15)16/h13H,2-7H2,1H3,(H2-,11,12,14,15,16)/p+1. The molecular formula is C9H19NO6P+. The van der Waals surface area contributed by atoms with E-state index in [1.165, 1.54) is 0 Å². The third kappa shape index (κ3) is 3.05. The molecule has 1 atom stereocenters. The summed E-state index contributed by atoms with van der Waals surface area (Å²) in [7, 11) is -3.19. The number of quaternary nitrogens is 1. The van der Waals surface area contributed by atoms with E-state index < -0.39 is 25.3 Å². The summed E-state index contributed by atoms with van der Waals surface area (Å²) in [6.45, 7) is 1.93. The van der Waals surface area contributed by atoms with Gasteiger partial charge in [-0.25, -0.2) is 4.79 Å². The fourth-order valence-electron chi connectivity index (χ4n) is 2.13. The second-order valence-electron chi connectivity index (χ2n) is 4.91. The van der Waals surface area contributed by atoms with Gasteiger partial charge in [-0.1, -0.05) is 0 Å². The SMILES string of the molecule is C[N+]1(CCC(O)(C(=O)O)P(=O)(O)O)CCCC1. The van der Waals surface area contributed by atoms with Crippen LogP contribution in [0, 0.1) is 0 Å². The van der Waals surface area contributed by atoms with Crippen LogP contribution in [0.2, 0.25) is 0 Å². The van der Waals surface area contributed by atoms with Gasteiger partial charge in [-0.3, -0.25) is 4.57 Å². The second-order valence-corrected chi connectivity index (χ2v) is 6.74. The van der Waals surface area contributed by atoms with Gasteiger partial charge in [0, 0.05) is 19.3 Å². The van der Waals surface area contributed by atoms with Crippen LogP contribution in [0.3, 0.4) is 0 Å². The Morgan fingerprint density at radius 1 is 1.35 bits per heavy atom. The molecule has 0 saturated carbocycles. The van der Waals surface area contributed by atoms with E-state index >= 15 is 0 Å². The van der Waals surface area contributed by atoms with Gasteiger partial charge in [0.15, 0.2) is 0 Å². The van der Waals surface area contributed by atoms with Crippen LogP contribution in [-0.2, 0) is 9.36 Å². The molecule has 8 heteroatoms. The lowest BCUT2D eigenvalue weighted by molar-refractivity contribution is -0.898. The van der Waals surface area contributed by atoms with E-state index in [2.05, 4.69) is 0 Å². The first kappa shape index (κ1) is 14.6. The number of carboxylic acid groups (broad SMARTS) is 1. The van der Waals surface area contributed by atoms with Crippen molar-refractivity contribution in [2.75, 3.05) is 26.7 Å². The Hall–Kier alpha value is -0.460. The van der Waals surface area contributed by atoms with Gasteiger partial charge in [-0.05, 0) is 0 Å². The Morgan fingerprint density at radius 2 is 1.82 bits per heavy atom. The van der Waals surface area contributed by atoms with Gasteiger partial charge >= 0.3 is 13.6 Å². The molecule has 1 fully saturated rings. The molecule has 0 aliphatic carbocycles. The van der Waals surface area contributed by atoms with Crippen LogP contribution in [-0.4, -0.2) is 62.5 Å². The maximum atomic E-state index is 11.1. The molecule has 0 aromatic carbocycles. The molecule has 1 aliphatic rings. The maximum Gasteiger partial charge on any atom is 0.368 e. The van der Waals surface area contributed by atoms with Crippen molar-refractivity contribution in [3.05, 3.63) is 0 Å². The van der Waals surface area contributed by atoms with Crippen LogP contribution in [0.5, 0.6) is 0 Å². The molecule has 17 heavy (non-hydrogen) atoms. The summed E-state index contributed by atoms with van der Waals surface area (Å²) in [4.78, 5) is 28.7. The molecule has 0 radical (unpaired) electrons. The van der Waals surface area contributed by atoms with Crippen molar-refractivity contribution >= 4 is 13.6 Å². The van der Waals surface area contributed by atoms with Crippen LogP contribution < -0.4 is 0 Å². The first-order valence-corrected chi connectivity index (χ1v) is 7.07. The second kappa shape index (κ2) is 4.66. The molecule has 1 aliphatic heterocycles. The smallest absolute Gasteiger partial charge is 0.368 e. The predicted octanol–water partition coefficient (Wildman–Crippen LogP) is -0.432. The zero-order chi connectivity index (χ0) is 13.3. The molecule has 1 heterocycles. The average molecular weight is 268 g/mol. The fraction of sp³-hybridized carbons (Fsp3) is 0.889. The Balaban J connectivity index is 2.76. The van der Waals surface area contributed by atoms with E-state index in [0.29, 0.717) is 4.48 Å². The van der Waals surface area contributed by atoms with Gasteiger partial charge < -0.3 is 24.5 Å². The highest BCUT2D eigenvalue weighted by atomic mass is 31.2. The molecule has 0 amide bonds. The molecule has 0 bridgehead atoms. The highest BCUT2D eigenvalue weighted by Gasteiger charge is 2.53. The van der Waals surface area contributed by atoms with E-state index in [1.54, 1.807) is 0 Å². The summed E-state index contributed by atoms with van der Waals surface area (Å²) in [6, 6.07) is 0. The normalized spacial score (nSPS) is 23.3. The summed E-state index contributed by atoms with van der Waals surface area (Å²) in [5, 5.41) is 15.4. The van der Waals surface area contributed by atoms with Crippen LogP contribution >= 0.6 is 7.60 Å². The van der Waals surface area contributed by atoms with Gasteiger partial charge in [0.1, 0.15) is 0 Å². The lowest BCUT2D eigenvalue weighted by atomic mass is 10.2. The maximum absolute atomic E-state index is 11.1. The van der Waals surface area contributed by atoms with Gasteiger partial charge in [-0.15, -0.1) is 0 Å². The van der Waals surface area contributed by atoms with Crippen molar-refractivity contribution in [1.82, 2.24) is 0 Å². The minimum atomic E-state index is -5.08. The third-order valence-electron chi connectivity index (χ3n) is 3.47. The Kier molecular flexibility index (Phi) is 4.01. The minimum absolute atomic E-state index is 0.244. The molecule has 7 nitrogen and oxygen atoms in total. The largest absolute Gasteiger partial charge is 0.479 e. The molecule has 0 aromatic rings. The van der Waals surface area contributed by atoms with Crippen LogP contribution in [0.25, 0.3) is 0 Å². The van der Waals surface area contributed by atoms with E-state index in [9.17, 15) is 14.5 Å². The monoisotopic (exact) mass is 268 g/mol. The predicted molar refractivity (Wildman–Crippen MR) is 59.3 cm³/mol. The van der Waals surface area contributed by atoms with Crippen molar-refractivity contribution in [2.24, 2.45) is 0 Å². The zero-order valence-electron chi connectivity index (χ0n) is 9.74. The molecule has 1 unspecified atom stereocenters. The number of carbonyl (C=O) groups is 1. The number of carboxylic acids is 1. The van der Waals surface area contributed by atoms with Crippen molar-refractivity contribution < 1.29 is 33.8 Å². The first-order valence-electron chi connectivity index (χ1n) is 5.46. The van der Waals surface area contributed by atoms with E-state index in [-0.39, 0.29) is 6.54 Å². The van der Waals surface area contributed by atoms with Crippen molar-refractivity contribution in [3.8, 4) is 0 Å². The summed E-state index contributed by atoms with van der Waals surface area (Å²) >= 11 is 0. The van der Waals surface area contributed by atoms with Crippen molar-refractivity contribution in [1.29, 1.82) is 0 Å². The number of rotatable bonds is 5. The number of aliphatic carboxylic acids is 1. The number of hydrogen-bond donors (Lipinski definition) is 4. The molecule has 1 rings (SSSR count). The lowest BCUT2D eigenvalue weighted by Crippen LogP contribution is -2.47. The zero-order valence-corrected chi connectivity index (χ0v) is 10.6. The fourth-order valence-corrected chi connectivity index (χ4v) is 2.77. The summed E-state index contributed by atoms with van der Waals surface area (Å²) < 4.78 is 11.6. The van der Waals surface area contributed by atoms with Crippen LogP contribution in [0.1, 0.15) is 19.3 Å². The first-order chi connectivity index (χ1) is 7.61. The lowest BCUT2D eigenvalue weighted by Gasteiger charge is -2.32. The Labute approximate surface area is 99.4 Å². The highest BCUT2D eigenvalue weighted by molar-refractivity contribution is 7.54. The van der Waals surface area contributed by atoms with E-state index in [4.69, 9.17) is 14.9 Å². The number of aliphatic hydroxyl groups is 1. The Bertz CT molecular complexity index is 347. The van der Waals surface area contributed by atoms with Gasteiger partial charge in [0.05, 0.1) is 26.7 Å². The van der Waals surface area contributed by atoms with Gasteiger partial charge in [0.2, 0.25) is 0 Å². The number of likely N-dealkylation sites (tertiary alicyclic amines) is 1. The quantitative estimate of drug-likeness (QED) is 0.397. The van der Waals surface area contributed by atoms with Gasteiger partial charge in [-0.2, -0.15) is 0 Å². The van der Waals surface area contributed by atoms with Crippen molar-refractivity contribution in [3.63, 3.8) is 0 Å². The van der Waals surface area contributed by atoms with E-state index in [1.807, 2.05) is 7.05 Å². The highest BCUT2D eigenvalue weighted by Crippen LogP contribution is 2.51. The molecule has 0 aromatic heterocycles. The third-order valence-corrected chi connectivity index (χ3v) is 4.85. The molecule has 4 N–H and O–H groups in total. The summed E-state index contributed by atoms with van der Waals surface area (Å²) in [5.74, 6) is -1.86. The van der Waals surface area contributed by atoms with Crippen molar-refractivity contribution in [2.45, 2.75) is 24.6 Å². The van der Waals surface area contributed by atoms with E-state index in [0.717, 1.165) is 25.9 Å². The van der Waals surface area contributed by atoms with Crippen LogP contribution in [0.15, 0.2) is 0 Å². The van der Waals surface area contributed by atoms with Crippen LogP contribution in [0.4, 0.5) is 0 Å². The number of nitrogens with zero attached hydrogens (tertiary/aromatic N) is 1. The number of hydrogen-bond acceptors (Lipinski definition) is 3. The molecule has 0 spiro atoms. The molecule has 100 valence electrons. The average Bonchev–Trinajstić information content (AvgIpc) is 2.60. The summed E-state index contributed by atoms with van der Waals surface area (Å²) in [5.41, 5.74) is 0. The topological polar surface area (TPSA) is 115 Å². The van der Waals surface area contributed by atoms with Gasteiger partial charge in [0.25, 0.3) is 5.34 Å². The molecule has 1 saturated heterocycles. The Morgan fingerprint density at radius 3 is 2.18 bits per heavy atom. The molecular weight excluding hydrogens is 249 g/mol. The minimum Gasteiger partial charge on any atom is -0.479 e. The summed E-state index contributed by atoms with van der Waals surface area (Å²) in [6.07, 6.45) is 1.58.